The van der Waals surface area contributed by atoms with Gasteiger partial charge in [-0.3, -0.25) is 0 Å². The van der Waals surface area contributed by atoms with Crippen LogP contribution in [0.4, 0.5) is 0 Å². The van der Waals surface area contributed by atoms with Gasteiger partial charge in [-0.25, -0.2) is 0 Å². The van der Waals surface area contributed by atoms with Crippen molar-refractivity contribution in [3.05, 3.63) is 17.5 Å². The van der Waals surface area contributed by atoms with Crippen molar-refractivity contribution in [1.82, 2.24) is 0 Å². The monoisotopic (exact) mass is 163 g/mol. The predicted octanol–water partition coefficient (Wildman–Crippen LogP) is 2.44. The number of allylic oxidation sites excluding steroid dienone is 1. The minimum absolute atomic E-state index is 0.162. The summed E-state index contributed by atoms with van der Waals surface area (Å²) in [4.78, 5) is 0. The van der Waals surface area contributed by atoms with E-state index in [-0.39, 0.29) is 5.41 Å². The Labute approximate surface area is 74.3 Å². The van der Waals surface area contributed by atoms with Crippen LogP contribution in [0.15, 0.2) is 17.5 Å². The number of hydrogen-bond donors (Lipinski definition) is 1. The zero-order chi connectivity index (χ0) is 8.98. The van der Waals surface area contributed by atoms with Crippen molar-refractivity contribution in [3.8, 4) is 0 Å². The second kappa shape index (κ2) is 1.97. The summed E-state index contributed by atoms with van der Waals surface area (Å²) in [6.07, 6.45) is 4.73. The van der Waals surface area contributed by atoms with Crippen molar-refractivity contribution in [2.75, 3.05) is 0 Å². The third kappa shape index (κ3) is 1.01. The molecule has 0 bridgehead atoms. The van der Waals surface area contributed by atoms with Crippen LogP contribution in [-0.2, 0) is 0 Å². The summed E-state index contributed by atoms with van der Waals surface area (Å²) in [5, 5.41) is 0. The number of nitrogens with two attached hydrogens (primary N) is 1. The highest BCUT2D eigenvalue weighted by atomic mass is 14.7. The molecule has 2 N–H and O–H groups in total. The number of hydrogen-bond acceptors (Lipinski definition) is 1. The molecule has 1 saturated carbocycles. The van der Waals surface area contributed by atoms with E-state index in [1.54, 1.807) is 0 Å². The molecule has 2 aliphatic carbocycles. The van der Waals surface area contributed by atoms with Crippen LogP contribution in [0.3, 0.4) is 0 Å². The molecule has 1 fully saturated rings. The second-order valence-electron chi connectivity index (χ2n) is 5.20. The van der Waals surface area contributed by atoms with E-state index in [9.17, 15) is 0 Å². The molecular formula is C11H17N. The highest BCUT2D eigenvalue weighted by molar-refractivity contribution is 5.21. The van der Waals surface area contributed by atoms with Gasteiger partial charge in [-0.1, -0.05) is 20.8 Å². The van der Waals surface area contributed by atoms with Gasteiger partial charge in [-0.2, -0.15) is 0 Å². The molecule has 1 nitrogen and oxygen atoms in total. The molecule has 0 aromatic carbocycles. The molecule has 66 valence electrons. The fourth-order valence-corrected chi connectivity index (χ4v) is 2.12. The third-order valence-corrected chi connectivity index (χ3v) is 3.50. The van der Waals surface area contributed by atoms with Crippen LogP contribution in [0.5, 0.6) is 0 Å². The minimum Gasteiger partial charge on any atom is -0.395 e. The SMILES string of the molecule is CC1(C)C[C@@H]2CC2(C)C=C=C1N. The quantitative estimate of drug-likeness (QED) is 0.545. The van der Waals surface area contributed by atoms with Gasteiger partial charge in [0, 0.05) is 5.41 Å². The van der Waals surface area contributed by atoms with Gasteiger partial charge < -0.3 is 5.73 Å². The lowest BCUT2D eigenvalue weighted by atomic mass is 9.84. The average Bonchev–Trinajstić information content (AvgIpc) is 2.56. The standard InChI is InChI=1S/C11H17N/c1-10(2)6-8-7-11(8,3)5-4-9(10)12/h5,8H,6-7,12H2,1-3H3/t8-,11?/m1/s1. The molecular weight excluding hydrogens is 146 g/mol. The molecule has 0 spiro atoms. The summed E-state index contributed by atoms with van der Waals surface area (Å²) < 4.78 is 0. The van der Waals surface area contributed by atoms with Crippen LogP contribution in [0.25, 0.3) is 0 Å². The maximum Gasteiger partial charge on any atom is 0.0566 e. The van der Waals surface area contributed by atoms with Crippen LogP contribution >= 0.6 is 0 Å². The highest BCUT2D eigenvalue weighted by Gasteiger charge is 2.51. The van der Waals surface area contributed by atoms with Crippen LogP contribution < -0.4 is 5.73 Å². The van der Waals surface area contributed by atoms with Gasteiger partial charge >= 0.3 is 0 Å². The van der Waals surface area contributed by atoms with Crippen molar-refractivity contribution in [1.29, 1.82) is 0 Å². The molecule has 2 atom stereocenters. The molecule has 0 heterocycles. The number of rotatable bonds is 0. The van der Waals surface area contributed by atoms with Crippen molar-refractivity contribution in [3.63, 3.8) is 0 Å². The lowest BCUT2D eigenvalue weighted by Gasteiger charge is -2.23. The van der Waals surface area contributed by atoms with Crippen molar-refractivity contribution >= 4 is 0 Å². The molecule has 0 amide bonds. The first-order valence-corrected chi connectivity index (χ1v) is 4.68. The Kier molecular flexibility index (Phi) is 1.31. The zero-order valence-corrected chi connectivity index (χ0v) is 8.15. The molecule has 0 aromatic rings. The third-order valence-electron chi connectivity index (χ3n) is 3.50. The minimum atomic E-state index is 0.162. The molecule has 0 radical (unpaired) electrons. The normalized spacial score (nSPS) is 42.9. The van der Waals surface area contributed by atoms with Gasteiger partial charge in [0.1, 0.15) is 0 Å². The largest absolute Gasteiger partial charge is 0.395 e. The maximum absolute atomic E-state index is 5.93. The molecule has 12 heavy (non-hydrogen) atoms. The summed E-state index contributed by atoms with van der Waals surface area (Å²) in [5.41, 5.74) is 10.7. The van der Waals surface area contributed by atoms with Gasteiger partial charge in [0.15, 0.2) is 0 Å². The average molecular weight is 163 g/mol. The Hall–Kier alpha value is -0.680. The predicted molar refractivity (Wildman–Crippen MR) is 50.4 cm³/mol. The first-order valence-electron chi connectivity index (χ1n) is 4.68. The lowest BCUT2D eigenvalue weighted by Crippen LogP contribution is -2.20. The van der Waals surface area contributed by atoms with E-state index in [0.717, 1.165) is 11.6 Å². The molecule has 1 unspecified atom stereocenters. The van der Waals surface area contributed by atoms with Crippen molar-refractivity contribution < 1.29 is 0 Å². The molecule has 2 rings (SSSR count). The van der Waals surface area contributed by atoms with E-state index in [1.807, 2.05) is 0 Å². The maximum atomic E-state index is 5.93. The summed E-state index contributed by atoms with van der Waals surface area (Å²) in [6, 6.07) is 0. The summed E-state index contributed by atoms with van der Waals surface area (Å²) in [6.45, 7) is 6.74. The van der Waals surface area contributed by atoms with Crippen molar-refractivity contribution in [2.24, 2.45) is 22.5 Å². The van der Waals surface area contributed by atoms with Gasteiger partial charge in [0.05, 0.1) is 5.70 Å². The Morgan fingerprint density at radius 3 is 2.75 bits per heavy atom. The molecule has 1 heteroatoms. The Bertz CT molecular complexity index is 281. The van der Waals surface area contributed by atoms with Crippen molar-refractivity contribution in [2.45, 2.75) is 33.6 Å². The molecule has 0 aromatic heterocycles. The van der Waals surface area contributed by atoms with Gasteiger partial charge in [-0.05, 0) is 30.3 Å². The molecule has 0 aliphatic heterocycles. The van der Waals surface area contributed by atoms with Crippen LogP contribution in [0, 0.1) is 16.7 Å². The molecule has 0 saturated heterocycles. The smallest absolute Gasteiger partial charge is 0.0566 e. The van der Waals surface area contributed by atoms with E-state index >= 15 is 0 Å². The van der Waals surface area contributed by atoms with Gasteiger partial charge in [-0.15, -0.1) is 5.73 Å². The van der Waals surface area contributed by atoms with E-state index in [2.05, 4.69) is 32.6 Å². The van der Waals surface area contributed by atoms with Gasteiger partial charge in [0.25, 0.3) is 0 Å². The summed E-state index contributed by atoms with van der Waals surface area (Å²) in [7, 11) is 0. The van der Waals surface area contributed by atoms with E-state index in [0.29, 0.717) is 5.41 Å². The fraction of sp³-hybridized carbons (Fsp3) is 0.727. The molecule has 2 aliphatic rings. The topological polar surface area (TPSA) is 26.0 Å². The summed E-state index contributed by atoms with van der Waals surface area (Å²) >= 11 is 0. The second-order valence-corrected chi connectivity index (χ2v) is 5.20. The highest BCUT2D eigenvalue weighted by Crippen LogP contribution is 2.59. The van der Waals surface area contributed by atoms with Crippen LogP contribution in [0.1, 0.15) is 33.6 Å². The van der Waals surface area contributed by atoms with Crippen LogP contribution in [-0.4, -0.2) is 0 Å². The van der Waals surface area contributed by atoms with Gasteiger partial charge in [0.2, 0.25) is 0 Å². The van der Waals surface area contributed by atoms with Crippen LogP contribution in [0.2, 0.25) is 0 Å². The first-order chi connectivity index (χ1) is 5.44. The fourth-order valence-electron chi connectivity index (χ4n) is 2.12. The van der Waals surface area contributed by atoms with E-state index in [4.69, 9.17) is 5.73 Å². The van der Waals surface area contributed by atoms with E-state index in [1.165, 1.54) is 12.8 Å². The first kappa shape index (κ1) is 7.94. The Morgan fingerprint density at radius 2 is 2.08 bits per heavy atom. The van der Waals surface area contributed by atoms with E-state index < -0.39 is 0 Å². The zero-order valence-electron chi connectivity index (χ0n) is 8.15. The summed E-state index contributed by atoms with van der Waals surface area (Å²) in [5.74, 6) is 0.848. The Morgan fingerprint density at radius 1 is 1.42 bits per heavy atom. The number of fused-ring (bicyclic) bond motifs is 1. The Balaban J connectivity index is 2.36. The lowest BCUT2D eigenvalue weighted by molar-refractivity contribution is 0.363.